The van der Waals surface area contributed by atoms with E-state index in [0.29, 0.717) is 19.3 Å². The molecule has 0 saturated carbocycles. The number of primary amides is 1. The molecule has 0 radical (unpaired) electrons. The van der Waals surface area contributed by atoms with Crippen molar-refractivity contribution in [2.45, 2.75) is 63.7 Å². The van der Waals surface area contributed by atoms with Gasteiger partial charge in [0.15, 0.2) is 0 Å². The molecule has 5 unspecified atom stereocenters. The normalized spacial score (nSPS) is 20.0. The zero-order valence-corrected chi connectivity index (χ0v) is 18.1. The Labute approximate surface area is 180 Å². The predicted octanol–water partition coefficient (Wildman–Crippen LogP) is -1.79. The molecule has 1 aliphatic heterocycles. The molecule has 11 nitrogen and oxygen atoms in total. The Balaban J connectivity index is 2.81. The van der Waals surface area contributed by atoms with Crippen molar-refractivity contribution in [1.29, 1.82) is 0 Å². The fourth-order valence-electron chi connectivity index (χ4n) is 3.22. The van der Waals surface area contributed by atoms with Crippen LogP contribution in [0.2, 0.25) is 0 Å². The van der Waals surface area contributed by atoms with Crippen LogP contribution in [0.1, 0.15) is 39.5 Å². The highest BCUT2D eigenvalue weighted by Crippen LogP contribution is 2.19. The number of carbonyl (C=O) groups is 5. The Hall–Kier alpha value is -2.34. The lowest BCUT2D eigenvalue weighted by atomic mass is 9.99. The summed E-state index contributed by atoms with van der Waals surface area (Å²) in [6.45, 7) is 3.79. The largest absolute Gasteiger partial charge is 0.480 e. The summed E-state index contributed by atoms with van der Waals surface area (Å²) < 4.78 is 0. The molecular formula is C18H31N5O6S. The van der Waals surface area contributed by atoms with E-state index >= 15 is 0 Å². The summed E-state index contributed by atoms with van der Waals surface area (Å²) in [5.74, 6) is -4.08. The minimum atomic E-state index is -1.17. The van der Waals surface area contributed by atoms with E-state index in [1.165, 1.54) is 4.90 Å². The summed E-state index contributed by atoms with van der Waals surface area (Å²) >= 11 is 4.08. The van der Waals surface area contributed by atoms with Crippen LogP contribution in [0.15, 0.2) is 0 Å². The van der Waals surface area contributed by atoms with Crippen molar-refractivity contribution in [2.24, 2.45) is 17.4 Å². The van der Waals surface area contributed by atoms with Crippen LogP contribution in [0.3, 0.4) is 0 Å². The molecule has 1 rings (SSSR count). The van der Waals surface area contributed by atoms with Crippen LogP contribution in [0.5, 0.6) is 0 Å². The number of carboxylic acid groups (broad SMARTS) is 1. The van der Waals surface area contributed by atoms with Crippen molar-refractivity contribution in [3.05, 3.63) is 0 Å². The summed E-state index contributed by atoms with van der Waals surface area (Å²) in [4.78, 5) is 61.4. The first-order valence-corrected chi connectivity index (χ1v) is 10.4. The van der Waals surface area contributed by atoms with E-state index < -0.39 is 53.8 Å². The number of thiol groups is 1. The second-order valence-electron chi connectivity index (χ2n) is 7.42. The van der Waals surface area contributed by atoms with Gasteiger partial charge in [0.05, 0.1) is 12.5 Å². The molecule has 30 heavy (non-hydrogen) atoms. The maximum atomic E-state index is 12.7. The molecule has 0 bridgehead atoms. The summed E-state index contributed by atoms with van der Waals surface area (Å²) in [5.41, 5.74) is 10.8. The van der Waals surface area contributed by atoms with E-state index in [1.807, 2.05) is 0 Å². The highest BCUT2D eigenvalue weighted by molar-refractivity contribution is 7.80. The van der Waals surface area contributed by atoms with Gasteiger partial charge in [-0.1, -0.05) is 20.3 Å². The van der Waals surface area contributed by atoms with Crippen LogP contribution < -0.4 is 22.1 Å². The monoisotopic (exact) mass is 445 g/mol. The van der Waals surface area contributed by atoms with Crippen molar-refractivity contribution in [3.8, 4) is 0 Å². The molecule has 12 heteroatoms. The van der Waals surface area contributed by atoms with Crippen molar-refractivity contribution in [3.63, 3.8) is 0 Å². The number of hydrogen-bond acceptors (Lipinski definition) is 7. The summed E-state index contributed by atoms with van der Waals surface area (Å²) in [6.07, 6.45) is 1.13. The van der Waals surface area contributed by atoms with E-state index in [-0.39, 0.29) is 24.6 Å². The fraction of sp³-hybridized carbons (Fsp3) is 0.722. The van der Waals surface area contributed by atoms with Gasteiger partial charge in [-0.3, -0.25) is 19.2 Å². The molecule has 1 saturated heterocycles. The maximum absolute atomic E-state index is 12.7. The summed E-state index contributed by atoms with van der Waals surface area (Å²) in [7, 11) is 0. The molecule has 0 aliphatic carbocycles. The van der Waals surface area contributed by atoms with Gasteiger partial charge < -0.3 is 32.1 Å². The molecular weight excluding hydrogens is 414 g/mol. The highest BCUT2D eigenvalue weighted by Gasteiger charge is 2.38. The molecule has 1 fully saturated rings. The van der Waals surface area contributed by atoms with Crippen molar-refractivity contribution < 1.29 is 29.1 Å². The fourth-order valence-corrected chi connectivity index (χ4v) is 3.48. The SMILES string of the molecule is CCC(C)C(NC(=O)C(CS)NC(=O)C1CCCN1C(=O)C(N)CC(N)=O)C(=O)O. The van der Waals surface area contributed by atoms with Gasteiger partial charge in [-0.15, -0.1) is 0 Å². The Morgan fingerprint density at radius 2 is 1.87 bits per heavy atom. The number of nitrogens with two attached hydrogens (primary N) is 2. The van der Waals surface area contributed by atoms with Gasteiger partial charge in [-0.05, 0) is 18.8 Å². The first kappa shape index (κ1) is 25.7. The number of aliphatic carboxylic acids is 1. The predicted molar refractivity (Wildman–Crippen MR) is 111 cm³/mol. The van der Waals surface area contributed by atoms with Gasteiger partial charge >= 0.3 is 5.97 Å². The van der Waals surface area contributed by atoms with E-state index in [1.54, 1.807) is 13.8 Å². The molecule has 0 aromatic rings. The first-order chi connectivity index (χ1) is 14.0. The zero-order chi connectivity index (χ0) is 23.0. The van der Waals surface area contributed by atoms with E-state index in [9.17, 15) is 29.1 Å². The Morgan fingerprint density at radius 1 is 1.23 bits per heavy atom. The average Bonchev–Trinajstić information content (AvgIpc) is 3.17. The van der Waals surface area contributed by atoms with Crippen LogP contribution in [0.25, 0.3) is 0 Å². The van der Waals surface area contributed by atoms with E-state index in [4.69, 9.17) is 11.5 Å². The van der Waals surface area contributed by atoms with Gasteiger partial charge in [0.25, 0.3) is 0 Å². The lowest BCUT2D eigenvalue weighted by molar-refractivity contribution is -0.144. The van der Waals surface area contributed by atoms with Crippen LogP contribution >= 0.6 is 12.6 Å². The molecule has 170 valence electrons. The van der Waals surface area contributed by atoms with Gasteiger partial charge in [-0.25, -0.2) is 4.79 Å². The third-order valence-corrected chi connectivity index (χ3v) is 5.53. The Morgan fingerprint density at radius 3 is 2.37 bits per heavy atom. The highest BCUT2D eigenvalue weighted by atomic mass is 32.1. The van der Waals surface area contributed by atoms with Gasteiger partial charge in [0.2, 0.25) is 23.6 Å². The minimum Gasteiger partial charge on any atom is -0.480 e. The van der Waals surface area contributed by atoms with Crippen LogP contribution in [-0.4, -0.2) is 76.1 Å². The topological polar surface area (TPSA) is 185 Å². The maximum Gasteiger partial charge on any atom is 0.326 e. The quantitative estimate of drug-likeness (QED) is 0.203. The number of rotatable bonds is 11. The molecule has 7 N–H and O–H groups in total. The Bertz CT molecular complexity index is 675. The molecule has 0 aromatic heterocycles. The second kappa shape index (κ2) is 11.7. The number of nitrogens with zero attached hydrogens (tertiary/aromatic N) is 1. The number of nitrogens with one attached hydrogen (secondary N) is 2. The molecule has 5 atom stereocenters. The summed E-state index contributed by atoms with van der Waals surface area (Å²) in [5, 5.41) is 14.3. The lowest BCUT2D eigenvalue weighted by Gasteiger charge is -2.28. The van der Waals surface area contributed by atoms with Gasteiger partial charge in [0, 0.05) is 12.3 Å². The van der Waals surface area contributed by atoms with Gasteiger partial charge in [0.1, 0.15) is 18.1 Å². The Kier molecular flexibility index (Phi) is 10.1. The lowest BCUT2D eigenvalue weighted by Crippen LogP contribution is -2.58. The van der Waals surface area contributed by atoms with Crippen LogP contribution in [0.4, 0.5) is 0 Å². The molecule has 0 aromatic carbocycles. The molecule has 1 aliphatic rings. The van der Waals surface area contributed by atoms with Gasteiger partial charge in [-0.2, -0.15) is 12.6 Å². The summed E-state index contributed by atoms with van der Waals surface area (Å²) in [6, 6.07) is -4.18. The van der Waals surface area contributed by atoms with E-state index in [0.717, 1.165) is 0 Å². The second-order valence-corrected chi connectivity index (χ2v) is 7.79. The molecule has 4 amide bonds. The number of amides is 4. The molecule has 1 heterocycles. The van der Waals surface area contributed by atoms with Crippen LogP contribution in [-0.2, 0) is 24.0 Å². The first-order valence-electron chi connectivity index (χ1n) is 9.82. The van der Waals surface area contributed by atoms with Crippen LogP contribution in [0, 0.1) is 5.92 Å². The third-order valence-electron chi connectivity index (χ3n) is 5.17. The number of carbonyl (C=O) groups excluding carboxylic acids is 4. The van der Waals surface area contributed by atoms with Crippen molar-refractivity contribution >= 4 is 42.2 Å². The van der Waals surface area contributed by atoms with Crippen molar-refractivity contribution in [2.75, 3.05) is 12.3 Å². The molecule has 0 spiro atoms. The number of likely N-dealkylation sites (tertiary alicyclic amines) is 1. The minimum absolute atomic E-state index is 0.0632. The van der Waals surface area contributed by atoms with Crippen molar-refractivity contribution in [1.82, 2.24) is 15.5 Å². The zero-order valence-electron chi connectivity index (χ0n) is 17.2. The standard InChI is InChI=1S/C18H31N5O6S/c1-3-9(2)14(18(28)29)22-15(25)11(8-30)21-16(26)12-5-4-6-23(12)17(27)10(19)7-13(20)24/h9-12,14,30H,3-8,19H2,1-2H3,(H2,20,24)(H,21,26)(H,22,25)(H,28,29). The third kappa shape index (κ3) is 6.87. The number of hydrogen-bond donors (Lipinski definition) is 6. The van der Waals surface area contributed by atoms with E-state index in [2.05, 4.69) is 23.3 Å². The number of carboxylic acids is 1. The smallest absolute Gasteiger partial charge is 0.326 e. The average molecular weight is 446 g/mol.